The largest absolute Gasteiger partial charge is 0.469 e. The van der Waals surface area contributed by atoms with Crippen LogP contribution in [-0.2, 0) is 12.8 Å². The zero-order valence-corrected chi connectivity index (χ0v) is 14.6. The lowest BCUT2D eigenvalue weighted by Gasteiger charge is -2.07. The summed E-state index contributed by atoms with van der Waals surface area (Å²) in [5.41, 5.74) is 4.51. The van der Waals surface area contributed by atoms with Gasteiger partial charge in [0, 0.05) is 10.4 Å². The first-order valence-electron chi connectivity index (χ1n) is 8.12. The van der Waals surface area contributed by atoms with Gasteiger partial charge in [0.05, 0.1) is 5.39 Å². The highest BCUT2D eigenvalue weighted by molar-refractivity contribution is 7.18. The van der Waals surface area contributed by atoms with Gasteiger partial charge in [0.15, 0.2) is 12.4 Å². The molecule has 3 aromatic rings. The Labute approximate surface area is 144 Å². The SMILES string of the molecule is Cc1sc2ncnc(OCC(=O)c3ccc4c(c3)CCC4)c2c1C. The van der Waals surface area contributed by atoms with Crippen molar-refractivity contribution in [1.82, 2.24) is 9.97 Å². The molecular formula is C19H18N2O2S. The van der Waals surface area contributed by atoms with E-state index in [2.05, 4.69) is 23.0 Å². The normalized spacial score (nSPS) is 13.2. The molecule has 24 heavy (non-hydrogen) atoms. The first-order valence-corrected chi connectivity index (χ1v) is 8.93. The fraction of sp³-hybridized carbons (Fsp3) is 0.316. The Hall–Kier alpha value is -2.27. The summed E-state index contributed by atoms with van der Waals surface area (Å²) < 4.78 is 5.76. The van der Waals surface area contributed by atoms with Gasteiger partial charge in [0.1, 0.15) is 11.2 Å². The Morgan fingerprint density at radius 3 is 2.92 bits per heavy atom. The maximum Gasteiger partial charge on any atom is 0.226 e. The third-order valence-electron chi connectivity index (χ3n) is 4.69. The van der Waals surface area contributed by atoms with Crippen LogP contribution in [0.1, 0.15) is 38.3 Å². The summed E-state index contributed by atoms with van der Waals surface area (Å²) in [6, 6.07) is 6.00. The molecule has 1 aliphatic rings. The molecule has 0 spiro atoms. The lowest BCUT2D eigenvalue weighted by atomic mass is 10.0. The lowest BCUT2D eigenvalue weighted by molar-refractivity contribution is 0.0919. The topological polar surface area (TPSA) is 52.1 Å². The van der Waals surface area contributed by atoms with Gasteiger partial charge in [0.25, 0.3) is 0 Å². The summed E-state index contributed by atoms with van der Waals surface area (Å²) in [6.45, 7) is 4.09. The van der Waals surface area contributed by atoms with Crippen LogP contribution in [0.4, 0.5) is 0 Å². The van der Waals surface area contributed by atoms with Crippen molar-refractivity contribution in [2.24, 2.45) is 0 Å². The summed E-state index contributed by atoms with van der Waals surface area (Å²) in [5.74, 6) is 0.484. The maximum atomic E-state index is 12.5. The summed E-state index contributed by atoms with van der Waals surface area (Å²) in [7, 11) is 0. The number of carbonyl (C=O) groups is 1. The number of ketones is 1. The predicted octanol–water partition coefficient (Wildman–Crippen LogP) is 4.06. The summed E-state index contributed by atoms with van der Waals surface area (Å²) in [5, 5.41) is 0.918. The number of aryl methyl sites for hydroxylation is 4. The van der Waals surface area contributed by atoms with Gasteiger partial charge in [-0.15, -0.1) is 11.3 Å². The second-order valence-electron chi connectivity index (χ2n) is 6.19. The first-order chi connectivity index (χ1) is 11.6. The van der Waals surface area contributed by atoms with E-state index < -0.39 is 0 Å². The summed E-state index contributed by atoms with van der Waals surface area (Å²) in [6.07, 6.45) is 4.86. The monoisotopic (exact) mass is 338 g/mol. The van der Waals surface area contributed by atoms with Crippen molar-refractivity contribution in [2.75, 3.05) is 6.61 Å². The fourth-order valence-corrected chi connectivity index (χ4v) is 4.21. The van der Waals surface area contributed by atoms with Gasteiger partial charge in [-0.2, -0.15) is 0 Å². The first kappa shape index (κ1) is 15.3. The van der Waals surface area contributed by atoms with E-state index >= 15 is 0 Å². The van der Waals surface area contributed by atoms with E-state index in [4.69, 9.17) is 4.74 Å². The molecule has 0 saturated heterocycles. The van der Waals surface area contributed by atoms with Crippen molar-refractivity contribution in [2.45, 2.75) is 33.1 Å². The van der Waals surface area contributed by atoms with Crippen LogP contribution in [0.15, 0.2) is 24.5 Å². The Kier molecular flexibility index (Phi) is 3.81. The molecule has 2 heterocycles. The molecule has 0 amide bonds. The number of benzene rings is 1. The maximum absolute atomic E-state index is 12.5. The minimum Gasteiger partial charge on any atom is -0.469 e. The van der Waals surface area contributed by atoms with Crippen molar-refractivity contribution < 1.29 is 9.53 Å². The zero-order valence-electron chi connectivity index (χ0n) is 13.8. The van der Waals surface area contributed by atoms with E-state index in [1.54, 1.807) is 11.3 Å². The second-order valence-corrected chi connectivity index (χ2v) is 7.39. The highest BCUT2D eigenvalue weighted by Crippen LogP contribution is 2.33. The Bertz CT molecular complexity index is 946. The van der Waals surface area contributed by atoms with Gasteiger partial charge < -0.3 is 4.74 Å². The molecule has 5 heteroatoms. The molecule has 0 radical (unpaired) electrons. The van der Waals surface area contributed by atoms with Crippen molar-refractivity contribution in [3.05, 3.63) is 51.7 Å². The Balaban J connectivity index is 1.56. The molecular weight excluding hydrogens is 320 g/mol. The number of rotatable bonds is 4. The molecule has 122 valence electrons. The van der Waals surface area contributed by atoms with Gasteiger partial charge >= 0.3 is 0 Å². The summed E-state index contributed by atoms with van der Waals surface area (Å²) in [4.78, 5) is 23.1. The fourth-order valence-electron chi connectivity index (χ4n) is 3.22. The van der Waals surface area contributed by atoms with Crippen LogP contribution in [0.25, 0.3) is 10.2 Å². The smallest absolute Gasteiger partial charge is 0.226 e. The highest BCUT2D eigenvalue weighted by Gasteiger charge is 2.17. The molecule has 1 aromatic carbocycles. The number of ether oxygens (including phenoxy) is 1. The molecule has 0 aliphatic heterocycles. The predicted molar refractivity (Wildman–Crippen MR) is 95.2 cm³/mol. The van der Waals surface area contributed by atoms with E-state index in [1.807, 2.05) is 19.1 Å². The van der Waals surface area contributed by atoms with Crippen molar-refractivity contribution in [3.63, 3.8) is 0 Å². The van der Waals surface area contributed by atoms with Gasteiger partial charge in [-0.05, 0) is 55.9 Å². The number of aromatic nitrogens is 2. The number of hydrogen-bond acceptors (Lipinski definition) is 5. The number of Topliss-reactive ketones (excluding diaryl/α,β-unsaturated/α-hetero) is 1. The van der Waals surface area contributed by atoms with Crippen LogP contribution in [0.3, 0.4) is 0 Å². The molecule has 2 aromatic heterocycles. The minimum atomic E-state index is -0.0129. The third-order valence-corrected chi connectivity index (χ3v) is 5.81. The van der Waals surface area contributed by atoms with E-state index in [0.717, 1.165) is 34.2 Å². The minimum absolute atomic E-state index is 0.000760. The van der Waals surface area contributed by atoms with Gasteiger partial charge in [-0.25, -0.2) is 9.97 Å². The van der Waals surface area contributed by atoms with E-state index in [9.17, 15) is 4.79 Å². The molecule has 0 atom stereocenters. The number of thiophene rings is 1. The quantitative estimate of drug-likeness (QED) is 0.673. The Morgan fingerprint density at radius 1 is 1.21 bits per heavy atom. The average molecular weight is 338 g/mol. The van der Waals surface area contributed by atoms with Gasteiger partial charge in [-0.3, -0.25) is 4.79 Å². The summed E-state index contributed by atoms with van der Waals surface area (Å²) >= 11 is 1.62. The lowest BCUT2D eigenvalue weighted by Crippen LogP contribution is -2.13. The van der Waals surface area contributed by atoms with E-state index in [0.29, 0.717) is 5.88 Å². The van der Waals surface area contributed by atoms with E-state index in [1.165, 1.54) is 28.8 Å². The van der Waals surface area contributed by atoms with Crippen molar-refractivity contribution >= 4 is 27.3 Å². The molecule has 0 fully saturated rings. The van der Waals surface area contributed by atoms with E-state index in [-0.39, 0.29) is 12.4 Å². The zero-order chi connectivity index (χ0) is 16.7. The molecule has 4 nitrogen and oxygen atoms in total. The van der Waals surface area contributed by atoms with Crippen LogP contribution in [0, 0.1) is 13.8 Å². The standard InChI is InChI=1S/C19H18N2O2S/c1-11-12(2)24-19-17(11)18(20-10-21-19)23-9-16(22)15-7-6-13-4-3-5-14(13)8-15/h6-8,10H,3-5,9H2,1-2H3. The molecule has 0 unspecified atom stereocenters. The second kappa shape index (κ2) is 5.98. The van der Waals surface area contributed by atoms with Crippen LogP contribution in [0.5, 0.6) is 5.88 Å². The molecule has 1 aliphatic carbocycles. The molecule has 4 rings (SSSR count). The van der Waals surface area contributed by atoms with Crippen LogP contribution in [-0.4, -0.2) is 22.4 Å². The molecule has 0 bridgehead atoms. The van der Waals surface area contributed by atoms with Crippen molar-refractivity contribution in [1.29, 1.82) is 0 Å². The average Bonchev–Trinajstić information content (AvgIpc) is 3.17. The number of nitrogens with zero attached hydrogens (tertiary/aromatic N) is 2. The van der Waals surface area contributed by atoms with Crippen LogP contribution >= 0.6 is 11.3 Å². The number of carbonyl (C=O) groups excluding carboxylic acids is 1. The number of hydrogen-bond donors (Lipinski definition) is 0. The van der Waals surface area contributed by atoms with Crippen LogP contribution in [0.2, 0.25) is 0 Å². The van der Waals surface area contributed by atoms with Gasteiger partial charge in [0.2, 0.25) is 5.88 Å². The van der Waals surface area contributed by atoms with Crippen LogP contribution < -0.4 is 4.74 Å². The molecule has 0 saturated carbocycles. The highest BCUT2D eigenvalue weighted by atomic mass is 32.1. The molecule has 0 N–H and O–H groups in total. The van der Waals surface area contributed by atoms with Crippen molar-refractivity contribution in [3.8, 4) is 5.88 Å². The Morgan fingerprint density at radius 2 is 2.04 bits per heavy atom. The third kappa shape index (κ3) is 2.59. The number of fused-ring (bicyclic) bond motifs is 2. The van der Waals surface area contributed by atoms with Gasteiger partial charge in [-0.1, -0.05) is 12.1 Å².